The molecule has 0 bridgehead atoms. The summed E-state index contributed by atoms with van der Waals surface area (Å²) in [5.74, 6) is -0.282. The van der Waals surface area contributed by atoms with Crippen LogP contribution in [0.15, 0.2) is 54.6 Å². The van der Waals surface area contributed by atoms with Crippen molar-refractivity contribution < 1.29 is 9.18 Å². The van der Waals surface area contributed by atoms with Crippen molar-refractivity contribution in [3.63, 3.8) is 0 Å². The van der Waals surface area contributed by atoms with Crippen molar-refractivity contribution in [1.29, 1.82) is 0 Å². The molecule has 1 unspecified atom stereocenters. The molecule has 116 valence electrons. The van der Waals surface area contributed by atoms with E-state index in [1.54, 1.807) is 12.1 Å². The molecule has 4 heteroatoms. The van der Waals surface area contributed by atoms with Gasteiger partial charge in [0, 0.05) is 6.54 Å². The average Bonchev–Trinajstić information content (AvgIpc) is 2.51. The highest BCUT2D eigenvalue weighted by Crippen LogP contribution is 2.27. The van der Waals surface area contributed by atoms with Gasteiger partial charge in [0.15, 0.2) is 0 Å². The first kappa shape index (κ1) is 16.2. The fourth-order valence-corrected chi connectivity index (χ4v) is 2.55. The van der Waals surface area contributed by atoms with Gasteiger partial charge in [-0.2, -0.15) is 0 Å². The zero-order valence-corrected chi connectivity index (χ0v) is 12.9. The number of hydrogen-bond donors (Lipinski definition) is 1. The molecule has 1 amide bonds. The normalized spacial score (nSPS) is 12.2. The van der Waals surface area contributed by atoms with E-state index < -0.39 is 0 Å². The van der Waals surface area contributed by atoms with Gasteiger partial charge in [0.1, 0.15) is 5.82 Å². The lowest BCUT2D eigenvalue weighted by Gasteiger charge is -2.28. The van der Waals surface area contributed by atoms with Crippen molar-refractivity contribution in [3.05, 3.63) is 71.5 Å². The molecule has 0 aromatic heterocycles. The van der Waals surface area contributed by atoms with E-state index in [4.69, 9.17) is 0 Å². The van der Waals surface area contributed by atoms with Crippen LogP contribution in [0.1, 0.15) is 24.1 Å². The largest absolute Gasteiger partial charge is 0.355 e. The Morgan fingerprint density at radius 1 is 1.09 bits per heavy atom. The highest BCUT2D eigenvalue weighted by Gasteiger charge is 2.21. The molecule has 2 rings (SSSR count). The smallest absolute Gasteiger partial charge is 0.234 e. The van der Waals surface area contributed by atoms with Gasteiger partial charge in [-0.05, 0) is 37.2 Å². The topological polar surface area (TPSA) is 32.3 Å². The summed E-state index contributed by atoms with van der Waals surface area (Å²) in [4.78, 5) is 13.8. The number of hydrogen-bond acceptors (Lipinski definition) is 2. The van der Waals surface area contributed by atoms with E-state index in [-0.39, 0.29) is 24.3 Å². The molecule has 0 aliphatic rings. The van der Waals surface area contributed by atoms with E-state index >= 15 is 0 Å². The molecule has 1 atom stereocenters. The van der Waals surface area contributed by atoms with E-state index in [9.17, 15) is 9.18 Å². The van der Waals surface area contributed by atoms with E-state index in [2.05, 4.69) is 5.32 Å². The van der Waals surface area contributed by atoms with E-state index in [1.165, 1.54) is 12.1 Å². The van der Waals surface area contributed by atoms with E-state index in [0.717, 1.165) is 11.1 Å². The summed E-state index contributed by atoms with van der Waals surface area (Å²) in [6, 6.07) is 16.3. The van der Waals surface area contributed by atoms with Gasteiger partial charge in [-0.1, -0.05) is 42.5 Å². The Kier molecular flexibility index (Phi) is 5.67. The third-order valence-corrected chi connectivity index (χ3v) is 3.51. The molecule has 1 N–H and O–H groups in total. The predicted octanol–water partition coefficient (Wildman–Crippen LogP) is 2.98. The molecule has 0 saturated heterocycles. The van der Waals surface area contributed by atoms with Gasteiger partial charge in [-0.3, -0.25) is 9.69 Å². The fraction of sp³-hybridized carbons (Fsp3) is 0.278. The Labute approximate surface area is 130 Å². The lowest BCUT2D eigenvalue weighted by atomic mass is 9.97. The van der Waals surface area contributed by atoms with Gasteiger partial charge in [-0.25, -0.2) is 4.39 Å². The average molecular weight is 300 g/mol. The molecule has 3 nitrogen and oxygen atoms in total. The molecular weight excluding hydrogens is 279 g/mol. The highest BCUT2D eigenvalue weighted by molar-refractivity contribution is 5.78. The summed E-state index contributed by atoms with van der Waals surface area (Å²) in [6.45, 7) is 2.79. The minimum absolute atomic E-state index is 0.0203. The summed E-state index contributed by atoms with van der Waals surface area (Å²) in [5, 5.41) is 2.80. The lowest BCUT2D eigenvalue weighted by molar-refractivity contribution is -0.122. The van der Waals surface area contributed by atoms with Gasteiger partial charge in [0.2, 0.25) is 5.91 Å². The minimum atomic E-state index is -0.262. The van der Waals surface area contributed by atoms with Crippen LogP contribution in [0.25, 0.3) is 0 Å². The first-order valence-electron chi connectivity index (χ1n) is 7.39. The minimum Gasteiger partial charge on any atom is -0.355 e. The van der Waals surface area contributed by atoms with Crippen molar-refractivity contribution >= 4 is 5.91 Å². The van der Waals surface area contributed by atoms with Crippen LogP contribution >= 0.6 is 0 Å². The van der Waals surface area contributed by atoms with Crippen LogP contribution in [0, 0.1) is 5.82 Å². The van der Waals surface area contributed by atoms with Crippen LogP contribution in [0.5, 0.6) is 0 Å². The molecule has 0 radical (unpaired) electrons. The Balaban J connectivity index is 2.29. The predicted molar refractivity (Wildman–Crippen MR) is 86.0 cm³/mol. The fourth-order valence-electron chi connectivity index (χ4n) is 2.55. The van der Waals surface area contributed by atoms with Gasteiger partial charge >= 0.3 is 0 Å². The zero-order chi connectivity index (χ0) is 15.9. The zero-order valence-electron chi connectivity index (χ0n) is 12.9. The second kappa shape index (κ2) is 7.71. The Hall–Kier alpha value is -2.20. The number of amides is 1. The second-order valence-corrected chi connectivity index (χ2v) is 5.23. The molecule has 2 aromatic rings. The van der Waals surface area contributed by atoms with Crippen LogP contribution in [0.3, 0.4) is 0 Å². The second-order valence-electron chi connectivity index (χ2n) is 5.23. The molecule has 0 aliphatic heterocycles. The van der Waals surface area contributed by atoms with Gasteiger partial charge in [-0.15, -0.1) is 0 Å². The molecule has 0 heterocycles. The van der Waals surface area contributed by atoms with Crippen LogP contribution in [-0.4, -0.2) is 30.9 Å². The van der Waals surface area contributed by atoms with Crippen molar-refractivity contribution in [1.82, 2.24) is 10.2 Å². The number of likely N-dealkylation sites (N-methyl/N-ethyl adjacent to an activating group) is 2. The number of nitrogens with one attached hydrogen (secondary N) is 1. The summed E-state index contributed by atoms with van der Waals surface area (Å²) >= 11 is 0. The standard InChI is InChI=1S/C18H21FN2O/c1-3-20-17(22)13-21(2)18(14-7-5-4-6-8-14)15-9-11-16(19)12-10-15/h4-12,18H,3,13H2,1-2H3,(H,20,22). The first-order chi connectivity index (χ1) is 10.6. The van der Waals surface area contributed by atoms with Crippen LogP contribution in [0.2, 0.25) is 0 Å². The van der Waals surface area contributed by atoms with E-state index in [1.807, 2.05) is 49.2 Å². The number of halogens is 1. The maximum atomic E-state index is 13.2. The molecule has 0 spiro atoms. The van der Waals surface area contributed by atoms with Crippen molar-refractivity contribution in [2.75, 3.05) is 20.1 Å². The number of benzene rings is 2. The summed E-state index contributed by atoms with van der Waals surface area (Å²) in [7, 11) is 1.90. The van der Waals surface area contributed by atoms with Gasteiger partial charge in [0.05, 0.1) is 12.6 Å². The van der Waals surface area contributed by atoms with E-state index in [0.29, 0.717) is 6.54 Å². The van der Waals surface area contributed by atoms with Gasteiger partial charge < -0.3 is 5.32 Å². The Morgan fingerprint density at radius 2 is 1.68 bits per heavy atom. The molecule has 2 aromatic carbocycles. The van der Waals surface area contributed by atoms with Crippen LogP contribution in [-0.2, 0) is 4.79 Å². The van der Waals surface area contributed by atoms with Crippen LogP contribution < -0.4 is 5.32 Å². The third kappa shape index (κ3) is 4.15. The first-order valence-corrected chi connectivity index (χ1v) is 7.39. The molecule has 0 saturated carbocycles. The maximum Gasteiger partial charge on any atom is 0.234 e. The Bertz CT molecular complexity index is 598. The third-order valence-electron chi connectivity index (χ3n) is 3.51. The lowest BCUT2D eigenvalue weighted by Crippen LogP contribution is -2.37. The molecule has 0 aliphatic carbocycles. The molecular formula is C18H21FN2O. The maximum absolute atomic E-state index is 13.2. The molecule has 0 fully saturated rings. The highest BCUT2D eigenvalue weighted by atomic mass is 19.1. The summed E-state index contributed by atoms with van der Waals surface area (Å²) in [5.41, 5.74) is 2.03. The molecule has 22 heavy (non-hydrogen) atoms. The quantitative estimate of drug-likeness (QED) is 0.889. The van der Waals surface area contributed by atoms with Crippen molar-refractivity contribution in [3.8, 4) is 0 Å². The van der Waals surface area contributed by atoms with Crippen molar-refractivity contribution in [2.45, 2.75) is 13.0 Å². The number of nitrogens with zero attached hydrogens (tertiary/aromatic N) is 1. The van der Waals surface area contributed by atoms with Crippen molar-refractivity contribution in [2.24, 2.45) is 0 Å². The Morgan fingerprint density at radius 3 is 2.27 bits per heavy atom. The summed E-state index contributed by atoms with van der Waals surface area (Å²) in [6.07, 6.45) is 0. The monoisotopic (exact) mass is 300 g/mol. The number of rotatable bonds is 6. The van der Waals surface area contributed by atoms with Crippen LogP contribution in [0.4, 0.5) is 4.39 Å². The number of carbonyl (C=O) groups is 1. The summed E-state index contributed by atoms with van der Waals surface area (Å²) < 4.78 is 13.2. The number of carbonyl (C=O) groups excluding carboxylic acids is 1. The SMILES string of the molecule is CCNC(=O)CN(C)C(c1ccccc1)c1ccc(F)cc1. The van der Waals surface area contributed by atoms with Gasteiger partial charge in [0.25, 0.3) is 0 Å².